The molecule has 0 amide bonds. The molecule has 0 unspecified atom stereocenters. The fourth-order valence-electron chi connectivity index (χ4n) is 1.06. The van der Waals surface area contributed by atoms with Crippen LogP contribution in [-0.2, 0) is 16.5 Å². The van der Waals surface area contributed by atoms with Crippen LogP contribution in [0.4, 0.5) is 0 Å². The summed E-state index contributed by atoms with van der Waals surface area (Å²) in [5.74, 6) is 0. The predicted octanol–water partition coefficient (Wildman–Crippen LogP) is 2.33. The minimum Gasteiger partial charge on any atom is -0.422 e. The van der Waals surface area contributed by atoms with Crippen LogP contribution in [0.25, 0.3) is 10.8 Å². The van der Waals surface area contributed by atoms with Crippen molar-refractivity contribution in [2.45, 2.75) is 0 Å². The maximum absolute atomic E-state index is 7.43. The summed E-state index contributed by atoms with van der Waals surface area (Å²) in [7, 11) is 0. The summed E-state index contributed by atoms with van der Waals surface area (Å²) in [5, 5.41) is 58.0. The van der Waals surface area contributed by atoms with E-state index in [2.05, 4.69) is 50.8 Å². The molecule has 4 aromatic rings. The monoisotopic (exact) mass is 510 g/mol. The summed E-state index contributed by atoms with van der Waals surface area (Å²) >= 11 is 0. The van der Waals surface area contributed by atoms with Crippen LogP contribution in [0, 0.1) is 22.9 Å². The van der Waals surface area contributed by atoms with Gasteiger partial charge in [-0.15, -0.1) is 12.0 Å². The van der Waals surface area contributed by atoms with Gasteiger partial charge in [0.1, 0.15) is 0 Å². The summed E-state index contributed by atoms with van der Waals surface area (Å²) in [4.78, 5) is 5.17. The van der Waals surface area contributed by atoms with Gasteiger partial charge in [-0.2, -0.15) is 51.3 Å². The van der Waals surface area contributed by atoms with Crippen molar-refractivity contribution in [1.29, 1.82) is 10.5 Å². The molecule has 0 saturated carbocycles. The summed E-state index contributed by atoms with van der Waals surface area (Å²) < 4.78 is 0. The molecular weight excluding hydrogens is 495 g/mol. The van der Waals surface area contributed by atoms with E-state index in [0.29, 0.717) is 0 Å². The van der Waals surface area contributed by atoms with Crippen molar-refractivity contribution in [2.24, 2.45) is 9.98 Å². The molecule has 35 heavy (non-hydrogen) atoms. The Morgan fingerprint density at radius 1 is 0.429 bits per heavy atom. The Kier molecular flexibility index (Phi) is 35.1. The number of aromatic nitrogens is 8. The first-order valence-electron chi connectivity index (χ1n) is 8.65. The molecule has 14 nitrogen and oxygen atoms in total. The fourth-order valence-corrected chi connectivity index (χ4v) is 1.06. The van der Waals surface area contributed by atoms with Crippen molar-refractivity contribution < 1.29 is 16.5 Å². The minimum atomic E-state index is 0. The van der Waals surface area contributed by atoms with Gasteiger partial charge in [0.15, 0.2) is 0 Å². The largest absolute Gasteiger partial charge is 2.00 e. The molecule has 0 fully saturated rings. The standard InChI is InChI=1S/4C4H4N2.2C2N3.Ni/c4*1-2-4-6-5-3-1;2*3-1-5-2-4;/h4*1-4H;;;/q;;;;2*-1;+2. The molecule has 0 bridgehead atoms. The van der Waals surface area contributed by atoms with Crippen molar-refractivity contribution >= 4 is 12.0 Å². The molecule has 0 saturated heterocycles. The Morgan fingerprint density at radius 3 is 0.629 bits per heavy atom. The van der Waals surface area contributed by atoms with Gasteiger partial charge in [0.25, 0.3) is 0 Å². The average Bonchev–Trinajstić information content (AvgIpc) is 2.95. The smallest absolute Gasteiger partial charge is 0.422 e. The summed E-state index contributed by atoms with van der Waals surface area (Å²) in [6, 6.07) is 17.2. The Bertz CT molecular complexity index is 818. The van der Waals surface area contributed by atoms with Crippen molar-refractivity contribution in [3.05, 3.63) is 109 Å². The molecule has 4 rings (SSSR count). The van der Waals surface area contributed by atoms with Gasteiger partial charge in [-0.05, 0) is 48.5 Å². The van der Waals surface area contributed by atoms with Crippen LogP contribution in [-0.4, -0.2) is 52.8 Å². The van der Waals surface area contributed by atoms with Crippen molar-refractivity contribution in [2.75, 3.05) is 0 Å². The molecule has 0 aliphatic rings. The van der Waals surface area contributed by atoms with Gasteiger partial charge >= 0.3 is 16.5 Å². The predicted molar refractivity (Wildman–Crippen MR) is 121 cm³/mol. The van der Waals surface area contributed by atoms with Gasteiger partial charge in [-0.25, -0.2) is 0 Å². The number of hydrogen-bond donors (Lipinski definition) is 0. The molecule has 0 spiro atoms. The van der Waals surface area contributed by atoms with Crippen molar-refractivity contribution in [1.82, 2.24) is 40.8 Å². The number of rotatable bonds is 0. The van der Waals surface area contributed by atoms with E-state index in [0.717, 1.165) is 0 Å². The fraction of sp³-hybridized carbons (Fsp3) is 0. The number of hydrogen-bond acceptors (Lipinski definition) is 12. The van der Waals surface area contributed by atoms with E-state index in [9.17, 15) is 0 Å². The van der Waals surface area contributed by atoms with Crippen LogP contribution >= 0.6 is 0 Å². The van der Waals surface area contributed by atoms with Gasteiger partial charge in [-0.1, -0.05) is 0 Å². The molecule has 4 heterocycles. The summed E-state index contributed by atoms with van der Waals surface area (Å²) in [6.07, 6.45) is 15.7. The van der Waals surface area contributed by atoms with E-state index in [1.807, 2.05) is 48.5 Å². The maximum Gasteiger partial charge on any atom is 2.00 e. The van der Waals surface area contributed by atoms with Crippen molar-refractivity contribution in [3.8, 4) is 12.4 Å². The first kappa shape index (κ1) is 34.2. The third kappa shape index (κ3) is 39.6. The van der Waals surface area contributed by atoms with E-state index in [1.54, 1.807) is 49.6 Å². The van der Waals surface area contributed by atoms with E-state index in [1.165, 1.54) is 24.4 Å². The van der Waals surface area contributed by atoms with Crippen LogP contribution in [0.3, 0.4) is 0 Å². The summed E-state index contributed by atoms with van der Waals surface area (Å²) in [5.41, 5.74) is 0. The first-order chi connectivity index (χ1) is 16.8. The first-order valence-corrected chi connectivity index (χ1v) is 8.65. The molecule has 0 aliphatic heterocycles. The van der Waals surface area contributed by atoms with Crippen molar-refractivity contribution in [3.63, 3.8) is 0 Å². The van der Waals surface area contributed by atoms with E-state index < -0.39 is 0 Å². The normalized spacial score (nSPS) is 6.57. The molecule has 0 aromatic carbocycles. The van der Waals surface area contributed by atoms with Crippen LogP contribution in [0.2, 0.25) is 0 Å². The van der Waals surface area contributed by atoms with E-state index in [-0.39, 0.29) is 16.5 Å². The van der Waals surface area contributed by atoms with E-state index >= 15 is 0 Å². The second-order valence-corrected chi connectivity index (χ2v) is 4.28. The Hall–Kier alpha value is -5.45. The SMILES string of the molecule is N#CN=C=[N-].N#CN=C=[N-].[Ni+2].c1ccnnc1.c1ccnnc1.c1ccnnc1.c1ccnnc1. The molecular formula is C20H16N14Ni. The number of nitriles is 2. The molecule has 15 heteroatoms. The van der Waals surface area contributed by atoms with Gasteiger partial charge < -0.3 is 20.8 Å². The molecule has 0 aliphatic carbocycles. The quantitative estimate of drug-likeness (QED) is 0.190. The zero-order valence-electron chi connectivity index (χ0n) is 17.8. The van der Waals surface area contributed by atoms with Crippen LogP contribution in [0.15, 0.2) is 108 Å². The van der Waals surface area contributed by atoms with Gasteiger partial charge in [0.2, 0.25) is 0 Å². The van der Waals surface area contributed by atoms with Crippen LogP contribution in [0.1, 0.15) is 0 Å². The number of aliphatic imine (C=N–C) groups is 2. The Labute approximate surface area is 211 Å². The maximum atomic E-state index is 7.43. The van der Waals surface area contributed by atoms with E-state index in [4.69, 9.17) is 21.3 Å². The van der Waals surface area contributed by atoms with Gasteiger partial charge in [0.05, 0.1) is 12.4 Å². The number of nitrogens with zero attached hydrogens (tertiary/aromatic N) is 14. The Morgan fingerprint density at radius 2 is 0.600 bits per heavy atom. The molecule has 0 N–H and O–H groups in total. The zero-order valence-corrected chi connectivity index (χ0v) is 18.8. The zero-order chi connectivity index (χ0) is 25.2. The average molecular weight is 511 g/mol. The second kappa shape index (κ2) is 36.0. The Balaban J connectivity index is -0.000000350. The van der Waals surface area contributed by atoms with Crippen LogP contribution < -0.4 is 0 Å². The second-order valence-electron chi connectivity index (χ2n) is 4.28. The topological polar surface area (TPSA) is 220 Å². The third-order valence-corrected chi connectivity index (χ3v) is 2.13. The molecule has 0 radical (unpaired) electrons. The summed E-state index contributed by atoms with van der Waals surface area (Å²) in [6.45, 7) is 0. The molecule has 0 atom stereocenters. The molecule has 4 aromatic heterocycles. The minimum absolute atomic E-state index is 0. The third-order valence-electron chi connectivity index (χ3n) is 2.13. The van der Waals surface area contributed by atoms with Gasteiger partial charge in [0, 0.05) is 49.6 Å². The van der Waals surface area contributed by atoms with Crippen LogP contribution in [0.5, 0.6) is 0 Å². The molecule has 176 valence electrons. The van der Waals surface area contributed by atoms with Gasteiger partial charge in [-0.3, -0.25) is 0 Å².